The summed E-state index contributed by atoms with van der Waals surface area (Å²) in [4.78, 5) is 16.0. The van der Waals surface area contributed by atoms with Crippen LogP contribution in [-0.4, -0.2) is 28.7 Å². The van der Waals surface area contributed by atoms with Crippen molar-refractivity contribution >= 4 is 11.6 Å². The first-order chi connectivity index (χ1) is 11.4. The molecule has 1 aromatic carbocycles. The second kappa shape index (κ2) is 7.66. The van der Waals surface area contributed by atoms with Crippen LogP contribution in [0.3, 0.4) is 0 Å². The van der Waals surface area contributed by atoms with Crippen LogP contribution in [0.1, 0.15) is 13.0 Å². The van der Waals surface area contributed by atoms with Gasteiger partial charge in [-0.05, 0) is 19.1 Å². The predicted octanol–water partition coefficient (Wildman–Crippen LogP) is 3.29. The molecule has 0 radical (unpaired) electrons. The molecule has 1 atom stereocenters. The van der Waals surface area contributed by atoms with E-state index in [1.165, 1.54) is 17.1 Å². The molecule has 10 heteroatoms. The van der Waals surface area contributed by atoms with E-state index in [9.17, 15) is 22.4 Å². The molecule has 6 nitrogen and oxygen atoms in total. The van der Waals surface area contributed by atoms with Crippen LogP contribution in [0.25, 0.3) is 0 Å². The largest absolute Gasteiger partial charge is 0.435 e. The van der Waals surface area contributed by atoms with Gasteiger partial charge in [-0.25, -0.2) is 4.98 Å². The number of aromatic nitrogens is 2. The standard InChI is InChI=1S/C14H13F4N3O3/c1-8(21-5-4-19-7-21)12(22)20-10-3-2-9(23-13(15)16)6-11(10)24-14(17)18/h2-8,13-14H,1H3,(H,20,22). The minimum Gasteiger partial charge on any atom is -0.435 e. The van der Waals surface area contributed by atoms with E-state index in [-0.39, 0.29) is 11.4 Å². The quantitative estimate of drug-likeness (QED) is 0.781. The Hall–Kier alpha value is -2.78. The van der Waals surface area contributed by atoms with Crippen molar-refractivity contribution in [3.8, 4) is 11.5 Å². The van der Waals surface area contributed by atoms with Crippen molar-refractivity contribution < 1.29 is 31.8 Å². The highest BCUT2D eigenvalue weighted by molar-refractivity contribution is 5.94. The Labute approximate surface area is 134 Å². The molecular formula is C14H13F4N3O3. The summed E-state index contributed by atoms with van der Waals surface area (Å²) in [7, 11) is 0. The average Bonchev–Trinajstić information content (AvgIpc) is 3.02. The number of carbonyl (C=O) groups excluding carboxylic acids is 1. The van der Waals surface area contributed by atoms with Gasteiger partial charge in [-0.3, -0.25) is 4.79 Å². The highest BCUT2D eigenvalue weighted by Crippen LogP contribution is 2.32. The summed E-state index contributed by atoms with van der Waals surface area (Å²) in [5.74, 6) is -1.40. The van der Waals surface area contributed by atoms with Crippen LogP contribution < -0.4 is 14.8 Å². The van der Waals surface area contributed by atoms with E-state index in [0.717, 1.165) is 18.2 Å². The maximum Gasteiger partial charge on any atom is 0.387 e. The molecule has 1 N–H and O–H groups in total. The summed E-state index contributed by atoms with van der Waals surface area (Å²) >= 11 is 0. The van der Waals surface area contributed by atoms with Crippen molar-refractivity contribution in [3.63, 3.8) is 0 Å². The van der Waals surface area contributed by atoms with Gasteiger partial charge >= 0.3 is 13.2 Å². The molecule has 2 aromatic rings. The van der Waals surface area contributed by atoms with Crippen molar-refractivity contribution in [3.05, 3.63) is 36.9 Å². The molecule has 0 saturated heterocycles. The third-order valence-electron chi connectivity index (χ3n) is 3.00. The van der Waals surface area contributed by atoms with Crippen molar-refractivity contribution in [2.45, 2.75) is 26.2 Å². The van der Waals surface area contributed by atoms with Crippen LogP contribution in [-0.2, 0) is 4.79 Å². The van der Waals surface area contributed by atoms with E-state index in [2.05, 4.69) is 19.8 Å². The molecule has 1 amide bonds. The lowest BCUT2D eigenvalue weighted by molar-refractivity contribution is -0.118. The first-order valence-electron chi connectivity index (χ1n) is 6.69. The van der Waals surface area contributed by atoms with Crippen molar-refractivity contribution in [1.29, 1.82) is 0 Å². The summed E-state index contributed by atoms with van der Waals surface area (Å²) in [5, 5.41) is 2.40. The molecule has 0 spiro atoms. The lowest BCUT2D eigenvalue weighted by atomic mass is 10.2. The topological polar surface area (TPSA) is 65.4 Å². The van der Waals surface area contributed by atoms with Crippen LogP contribution in [0.5, 0.6) is 11.5 Å². The Morgan fingerprint density at radius 1 is 1.21 bits per heavy atom. The van der Waals surface area contributed by atoms with Crippen LogP contribution >= 0.6 is 0 Å². The van der Waals surface area contributed by atoms with Crippen LogP contribution in [0, 0.1) is 0 Å². The minimum absolute atomic E-state index is 0.103. The fourth-order valence-corrected chi connectivity index (χ4v) is 1.85. The third-order valence-corrected chi connectivity index (χ3v) is 3.00. The van der Waals surface area contributed by atoms with Crippen LogP contribution in [0.2, 0.25) is 0 Å². The Bertz CT molecular complexity index is 680. The maximum atomic E-state index is 12.5. The highest BCUT2D eigenvalue weighted by Gasteiger charge is 2.19. The van der Waals surface area contributed by atoms with Gasteiger partial charge in [0.15, 0.2) is 5.75 Å². The Morgan fingerprint density at radius 3 is 2.50 bits per heavy atom. The van der Waals surface area contributed by atoms with E-state index in [4.69, 9.17) is 0 Å². The Morgan fingerprint density at radius 2 is 1.92 bits per heavy atom. The molecule has 24 heavy (non-hydrogen) atoms. The first-order valence-corrected chi connectivity index (χ1v) is 6.69. The molecule has 2 rings (SSSR count). The molecule has 0 aliphatic rings. The smallest absolute Gasteiger partial charge is 0.387 e. The number of alkyl halides is 4. The number of nitrogens with one attached hydrogen (secondary N) is 1. The second-order valence-corrected chi connectivity index (χ2v) is 4.59. The van der Waals surface area contributed by atoms with Crippen LogP contribution in [0.4, 0.5) is 23.2 Å². The Balaban J connectivity index is 2.19. The van der Waals surface area contributed by atoms with E-state index in [1.54, 1.807) is 13.1 Å². The van der Waals surface area contributed by atoms with Crippen LogP contribution in [0.15, 0.2) is 36.9 Å². The van der Waals surface area contributed by atoms with Gasteiger partial charge in [0.05, 0.1) is 12.0 Å². The van der Waals surface area contributed by atoms with Gasteiger partial charge in [0.2, 0.25) is 5.91 Å². The Kier molecular flexibility index (Phi) is 5.61. The normalized spacial score (nSPS) is 12.3. The van der Waals surface area contributed by atoms with Crippen molar-refractivity contribution in [1.82, 2.24) is 9.55 Å². The second-order valence-electron chi connectivity index (χ2n) is 4.59. The number of halogens is 4. The zero-order valence-corrected chi connectivity index (χ0v) is 12.3. The summed E-state index contributed by atoms with van der Waals surface area (Å²) in [5.41, 5.74) is -0.103. The van der Waals surface area contributed by atoms with Gasteiger partial charge in [-0.15, -0.1) is 0 Å². The van der Waals surface area contributed by atoms with E-state index in [1.807, 2.05) is 0 Å². The summed E-state index contributed by atoms with van der Waals surface area (Å²) in [6.45, 7) is -4.75. The molecule has 0 aliphatic carbocycles. The van der Waals surface area contributed by atoms with Gasteiger partial charge in [0.25, 0.3) is 0 Å². The number of rotatable bonds is 7. The first kappa shape index (κ1) is 17.6. The van der Waals surface area contributed by atoms with Gasteiger partial charge in [-0.2, -0.15) is 17.6 Å². The molecule has 130 valence electrons. The molecule has 1 heterocycles. The predicted molar refractivity (Wildman–Crippen MR) is 75.3 cm³/mol. The van der Waals surface area contributed by atoms with E-state index < -0.39 is 30.9 Å². The van der Waals surface area contributed by atoms with Crippen molar-refractivity contribution in [2.24, 2.45) is 0 Å². The number of carbonyl (C=O) groups is 1. The zero-order chi connectivity index (χ0) is 17.7. The summed E-state index contributed by atoms with van der Waals surface area (Å²) < 4.78 is 59.2. The van der Waals surface area contributed by atoms with Gasteiger partial charge < -0.3 is 19.4 Å². The number of amides is 1. The molecule has 0 aliphatic heterocycles. The molecule has 1 aromatic heterocycles. The van der Waals surface area contributed by atoms with Gasteiger partial charge in [-0.1, -0.05) is 0 Å². The lowest BCUT2D eigenvalue weighted by Crippen LogP contribution is -2.23. The lowest BCUT2D eigenvalue weighted by Gasteiger charge is -2.17. The minimum atomic E-state index is -3.20. The highest BCUT2D eigenvalue weighted by atomic mass is 19.3. The van der Waals surface area contributed by atoms with E-state index in [0.29, 0.717) is 0 Å². The number of ether oxygens (including phenoxy) is 2. The molecule has 0 saturated carbocycles. The monoisotopic (exact) mass is 347 g/mol. The number of benzene rings is 1. The maximum absolute atomic E-state index is 12.5. The third kappa shape index (κ3) is 4.61. The van der Waals surface area contributed by atoms with E-state index >= 15 is 0 Å². The summed E-state index contributed by atoms with van der Waals surface area (Å²) in [6.07, 6.45) is 4.45. The number of hydrogen-bond acceptors (Lipinski definition) is 4. The molecule has 0 fully saturated rings. The van der Waals surface area contributed by atoms with Gasteiger partial charge in [0.1, 0.15) is 11.8 Å². The fraction of sp³-hybridized carbons (Fsp3) is 0.286. The SMILES string of the molecule is CC(C(=O)Nc1ccc(OC(F)F)cc1OC(F)F)n1ccnc1. The molecule has 0 bridgehead atoms. The molecule has 1 unspecified atom stereocenters. The number of imidazole rings is 1. The zero-order valence-electron chi connectivity index (χ0n) is 12.3. The summed E-state index contributed by atoms with van der Waals surface area (Å²) in [6, 6.07) is 2.40. The molecular weight excluding hydrogens is 334 g/mol. The average molecular weight is 347 g/mol. The number of nitrogens with zero attached hydrogens (tertiary/aromatic N) is 2. The number of anilines is 1. The number of hydrogen-bond donors (Lipinski definition) is 1. The van der Waals surface area contributed by atoms with Gasteiger partial charge in [0, 0.05) is 18.5 Å². The fourth-order valence-electron chi connectivity index (χ4n) is 1.85. The van der Waals surface area contributed by atoms with Crippen molar-refractivity contribution in [2.75, 3.05) is 5.32 Å².